The zero-order valence-electron chi connectivity index (χ0n) is 19.2. The van der Waals surface area contributed by atoms with Crippen LogP contribution >= 0.6 is 23.6 Å². The summed E-state index contributed by atoms with van der Waals surface area (Å²) >= 11 is 7.46. The Morgan fingerprint density at radius 3 is 2.50 bits per heavy atom. The summed E-state index contributed by atoms with van der Waals surface area (Å²) in [5.74, 6) is 0.311. The first-order valence-corrected chi connectivity index (χ1v) is 12.5. The van der Waals surface area contributed by atoms with Gasteiger partial charge in [-0.05, 0) is 85.9 Å². The minimum absolute atomic E-state index is 0.0187. The standard InChI is InChI=1S/C26H27N3O3S2/c1-3-32-21-11-9-20(10-12-21)29-25(31)22(17-24(30)27-19-7-5-4-6-8-19)28(26(29)33)15-13-23-18(2)14-16-34-23/h4-12,14,16,22H,3,13,15,17H2,1-2H3,(H,27,30)/t22-/m0/s1. The predicted molar refractivity (Wildman–Crippen MR) is 141 cm³/mol. The minimum Gasteiger partial charge on any atom is -0.494 e. The molecule has 6 nitrogen and oxygen atoms in total. The van der Waals surface area contributed by atoms with Gasteiger partial charge in [0.15, 0.2) is 5.11 Å². The van der Waals surface area contributed by atoms with E-state index in [0.717, 1.165) is 12.2 Å². The molecule has 0 aliphatic carbocycles. The number of nitrogens with zero attached hydrogens (tertiary/aromatic N) is 2. The molecule has 4 rings (SSSR count). The van der Waals surface area contributed by atoms with Crippen LogP contribution in [0.25, 0.3) is 0 Å². The van der Waals surface area contributed by atoms with Crippen molar-refractivity contribution in [2.45, 2.75) is 32.7 Å². The van der Waals surface area contributed by atoms with Gasteiger partial charge in [0, 0.05) is 17.1 Å². The van der Waals surface area contributed by atoms with Crippen molar-refractivity contribution in [1.82, 2.24) is 4.90 Å². The highest BCUT2D eigenvalue weighted by molar-refractivity contribution is 7.80. The van der Waals surface area contributed by atoms with Gasteiger partial charge in [-0.2, -0.15) is 0 Å². The normalized spacial score (nSPS) is 15.6. The molecule has 1 aliphatic rings. The van der Waals surface area contributed by atoms with E-state index in [0.29, 0.717) is 29.6 Å². The van der Waals surface area contributed by atoms with Gasteiger partial charge in [0.25, 0.3) is 5.91 Å². The number of thiophene rings is 1. The van der Waals surface area contributed by atoms with Gasteiger partial charge >= 0.3 is 0 Å². The van der Waals surface area contributed by atoms with Crippen molar-refractivity contribution in [1.29, 1.82) is 0 Å². The Morgan fingerprint density at radius 1 is 1.12 bits per heavy atom. The maximum absolute atomic E-state index is 13.5. The lowest BCUT2D eigenvalue weighted by Gasteiger charge is -2.24. The number of carbonyl (C=O) groups excluding carboxylic acids is 2. The summed E-state index contributed by atoms with van der Waals surface area (Å²) in [6, 6.07) is 18.0. The number of hydrogen-bond acceptors (Lipinski definition) is 5. The molecular weight excluding hydrogens is 466 g/mol. The zero-order valence-corrected chi connectivity index (χ0v) is 20.8. The average Bonchev–Trinajstić information content (AvgIpc) is 3.34. The number of aryl methyl sites for hydroxylation is 1. The molecule has 0 unspecified atom stereocenters. The smallest absolute Gasteiger partial charge is 0.256 e. The van der Waals surface area contributed by atoms with Gasteiger partial charge in [-0.3, -0.25) is 14.5 Å². The first kappa shape index (κ1) is 23.9. The van der Waals surface area contributed by atoms with Gasteiger partial charge < -0.3 is 15.0 Å². The van der Waals surface area contributed by atoms with Crippen molar-refractivity contribution in [3.8, 4) is 5.75 Å². The quantitative estimate of drug-likeness (QED) is 0.424. The number of anilines is 2. The lowest BCUT2D eigenvalue weighted by molar-refractivity contribution is -0.124. The highest BCUT2D eigenvalue weighted by Gasteiger charge is 2.44. The second-order valence-corrected chi connectivity index (χ2v) is 9.35. The maximum Gasteiger partial charge on any atom is 0.256 e. The molecule has 176 valence electrons. The summed E-state index contributed by atoms with van der Waals surface area (Å²) in [5, 5.41) is 5.37. The molecule has 0 radical (unpaired) electrons. The molecule has 1 aliphatic heterocycles. The predicted octanol–water partition coefficient (Wildman–Crippen LogP) is 5.03. The fourth-order valence-electron chi connectivity index (χ4n) is 3.97. The summed E-state index contributed by atoms with van der Waals surface area (Å²) in [5.41, 5.74) is 2.59. The number of hydrogen-bond donors (Lipinski definition) is 1. The van der Waals surface area contributed by atoms with E-state index in [9.17, 15) is 9.59 Å². The molecule has 8 heteroatoms. The molecule has 1 aromatic heterocycles. The fourth-order valence-corrected chi connectivity index (χ4v) is 5.29. The van der Waals surface area contributed by atoms with Crippen LogP contribution in [0.1, 0.15) is 23.8 Å². The maximum atomic E-state index is 13.5. The molecule has 1 saturated heterocycles. The van der Waals surface area contributed by atoms with Crippen molar-refractivity contribution in [3.05, 3.63) is 76.5 Å². The van der Waals surface area contributed by atoms with Crippen LogP contribution in [0, 0.1) is 6.92 Å². The highest BCUT2D eigenvalue weighted by Crippen LogP contribution is 2.29. The van der Waals surface area contributed by atoms with Gasteiger partial charge in [0.05, 0.1) is 18.7 Å². The number of nitrogens with one attached hydrogen (secondary N) is 1. The first-order valence-electron chi connectivity index (χ1n) is 11.2. The summed E-state index contributed by atoms with van der Waals surface area (Å²) in [6.45, 7) is 5.12. The number of para-hydroxylation sites is 1. The summed E-state index contributed by atoms with van der Waals surface area (Å²) < 4.78 is 5.52. The number of amides is 2. The molecular formula is C26H27N3O3S2. The van der Waals surface area contributed by atoms with Crippen molar-refractivity contribution >= 4 is 51.9 Å². The molecule has 2 heterocycles. The number of thiocarbonyl (C=S) groups is 1. The number of rotatable bonds is 9. The van der Waals surface area contributed by atoms with Gasteiger partial charge in [-0.1, -0.05) is 18.2 Å². The molecule has 0 spiro atoms. The van der Waals surface area contributed by atoms with Gasteiger partial charge in [0.2, 0.25) is 5.91 Å². The third-order valence-corrected chi connectivity index (χ3v) is 7.21. The molecule has 1 fully saturated rings. The van der Waals surface area contributed by atoms with Crippen molar-refractivity contribution < 1.29 is 14.3 Å². The van der Waals surface area contributed by atoms with Crippen LogP contribution in [0.5, 0.6) is 5.75 Å². The zero-order chi connectivity index (χ0) is 24.1. The Labute approximate surface area is 209 Å². The van der Waals surface area contributed by atoms with Crippen LogP contribution in [-0.2, 0) is 16.0 Å². The van der Waals surface area contributed by atoms with E-state index in [-0.39, 0.29) is 18.2 Å². The molecule has 0 bridgehead atoms. The molecule has 0 saturated carbocycles. The monoisotopic (exact) mass is 493 g/mol. The largest absolute Gasteiger partial charge is 0.494 e. The molecule has 34 heavy (non-hydrogen) atoms. The molecule has 2 amide bonds. The van der Waals surface area contributed by atoms with Gasteiger partial charge in [-0.25, -0.2) is 0 Å². The van der Waals surface area contributed by atoms with E-state index in [2.05, 4.69) is 23.7 Å². The van der Waals surface area contributed by atoms with E-state index in [1.807, 2.05) is 66.4 Å². The number of benzene rings is 2. The average molecular weight is 494 g/mol. The second-order valence-electron chi connectivity index (χ2n) is 7.99. The lowest BCUT2D eigenvalue weighted by atomic mass is 10.1. The molecule has 1 N–H and O–H groups in total. The summed E-state index contributed by atoms with van der Waals surface area (Å²) in [6.07, 6.45) is 0.773. The second kappa shape index (κ2) is 10.8. The Kier molecular flexibility index (Phi) is 7.59. The van der Waals surface area contributed by atoms with Crippen LogP contribution in [0.4, 0.5) is 11.4 Å². The van der Waals surface area contributed by atoms with Crippen molar-refractivity contribution in [2.24, 2.45) is 0 Å². The van der Waals surface area contributed by atoms with E-state index in [4.69, 9.17) is 17.0 Å². The van der Waals surface area contributed by atoms with Gasteiger partial charge in [0.1, 0.15) is 11.8 Å². The van der Waals surface area contributed by atoms with Crippen LogP contribution in [0.2, 0.25) is 0 Å². The van der Waals surface area contributed by atoms with E-state index < -0.39 is 6.04 Å². The molecule has 2 aromatic carbocycles. The van der Waals surface area contributed by atoms with E-state index in [1.165, 1.54) is 15.3 Å². The Hall–Kier alpha value is -3.23. The fraction of sp³-hybridized carbons (Fsp3) is 0.269. The third kappa shape index (κ3) is 5.29. The highest BCUT2D eigenvalue weighted by atomic mass is 32.1. The topological polar surface area (TPSA) is 61.9 Å². The molecule has 1 atom stereocenters. The lowest BCUT2D eigenvalue weighted by Crippen LogP contribution is -2.39. The third-order valence-electron chi connectivity index (χ3n) is 5.71. The minimum atomic E-state index is -0.664. The van der Waals surface area contributed by atoms with E-state index in [1.54, 1.807) is 11.3 Å². The van der Waals surface area contributed by atoms with Gasteiger partial charge in [-0.15, -0.1) is 11.3 Å². The first-order chi connectivity index (χ1) is 16.5. The Bertz CT molecular complexity index is 1160. The number of ether oxygens (including phenoxy) is 1. The Morgan fingerprint density at radius 2 is 1.85 bits per heavy atom. The SMILES string of the molecule is CCOc1ccc(N2C(=O)[C@H](CC(=O)Nc3ccccc3)N(CCc3sccc3C)C2=S)cc1. The van der Waals surface area contributed by atoms with Crippen LogP contribution in [-0.4, -0.2) is 41.0 Å². The Balaban J connectivity index is 1.55. The van der Waals surface area contributed by atoms with Crippen molar-refractivity contribution in [2.75, 3.05) is 23.4 Å². The van der Waals surface area contributed by atoms with Crippen LogP contribution < -0.4 is 15.0 Å². The molecule has 3 aromatic rings. The van der Waals surface area contributed by atoms with E-state index >= 15 is 0 Å². The van der Waals surface area contributed by atoms with Crippen molar-refractivity contribution in [3.63, 3.8) is 0 Å². The van der Waals surface area contributed by atoms with Crippen LogP contribution in [0.3, 0.4) is 0 Å². The van der Waals surface area contributed by atoms with Crippen LogP contribution in [0.15, 0.2) is 66.0 Å². The summed E-state index contributed by atoms with van der Waals surface area (Å²) in [4.78, 5) is 31.1. The summed E-state index contributed by atoms with van der Waals surface area (Å²) in [7, 11) is 0. The number of carbonyl (C=O) groups is 2.